The van der Waals surface area contributed by atoms with Gasteiger partial charge in [-0.25, -0.2) is 5.01 Å². The van der Waals surface area contributed by atoms with Crippen molar-refractivity contribution in [2.24, 2.45) is 5.22 Å². The lowest BCUT2D eigenvalue weighted by atomic mass is 10.1. The summed E-state index contributed by atoms with van der Waals surface area (Å²) >= 11 is 0. The number of nitrogens with one attached hydrogen (secondary N) is 2. The highest BCUT2D eigenvalue weighted by Gasteiger charge is 2.31. The summed E-state index contributed by atoms with van der Waals surface area (Å²) in [4.78, 5) is 12.1. The third-order valence-corrected chi connectivity index (χ3v) is 3.34. The average molecular weight is 364 g/mol. The van der Waals surface area contributed by atoms with E-state index in [1.165, 1.54) is 12.1 Å². The number of hydrogen-bond donors (Lipinski definition) is 2. The summed E-state index contributed by atoms with van der Waals surface area (Å²) in [6, 6.07) is 13.3. The minimum atomic E-state index is -4.85. The number of halogens is 3. The Morgan fingerprint density at radius 2 is 1.77 bits per heavy atom. The van der Waals surface area contributed by atoms with Crippen molar-refractivity contribution >= 4 is 17.3 Å². The summed E-state index contributed by atoms with van der Waals surface area (Å²) in [6.07, 6.45) is -4.87. The number of ketones is 1. The van der Waals surface area contributed by atoms with Crippen LogP contribution < -0.4 is 9.75 Å². The van der Waals surface area contributed by atoms with Crippen LogP contribution in [0.5, 0.6) is 5.75 Å². The number of Topliss-reactive ketones (excluding diaryl/α,β-unsaturated/α-hetero) is 1. The fourth-order valence-electron chi connectivity index (χ4n) is 2.19. The minimum absolute atomic E-state index is 0.00755. The van der Waals surface area contributed by atoms with E-state index in [-0.39, 0.29) is 30.1 Å². The van der Waals surface area contributed by atoms with Crippen LogP contribution in [0.3, 0.4) is 0 Å². The average Bonchev–Trinajstić information content (AvgIpc) is 2.60. The molecule has 2 aromatic carbocycles. The molecule has 0 amide bonds. The first-order chi connectivity index (χ1) is 12.3. The lowest BCUT2D eigenvalue weighted by Crippen LogP contribution is -2.25. The molecule has 0 atom stereocenters. The topological polar surface area (TPSA) is 89.6 Å². The number of rotatable bonds is 7. The molecule has 0 aliphatic heterocycles. The Morgan fingerprint density at radius 1 is 1.08 bits per heavy atom. The highest BCUT2D eigenvalue weighted by atomic mass is 19.4. The molecule has 0 aromatic heterocycles. The molecule has 2 aromatic rings. The normalized spacial score (nSPS) is 10.9. The van der Waals surface area contributed by atoms with Crippen LogP contribution in [0, 0.1) is 10.9 Å². The second-order valence-electron chi connectivity index (χ2n) is 5.19. The summed E-state index contributed by atoms with van der Waals surface area (Å²) in [5, 5.41) is 12.0. The molecule has 26 heavy (non-hydrogen) atoms. The van der Waals surface area contributed by atoms with Gasteiger partial charge in [-0.1, -0.05) is 41.6 Å². The van der Waals surface area contributed by atoms with Crippen molar-refractivity contribution in [2.75, 3.05) is 5.01 Å². The van der Waals surface area contributed by atoms with Gasteiger partial charge in [0.05, 0.1) is 5.69 Å². The fraction of sp³-hybridized carbons (Fsp3) is 0.176. The minimum Gasteiger partial charge on any atom is -0.406 e. The predicted octanol–water partition coefficient (Wildman–Crippen LogP) is 4.98. The third kappa shape index (κ3) is 5.40. The number of ether oxygens (including phenoxy) is 1. The van der Waals surface area contributed by atoms with E-state index in [0.717, 1.165) is 17.1 Å². The molecule has 0 spiro atoms. The molecule has 6 nitrogen and oxygen atoms in total. The molecule has 0 heterocycles. The standard InChI is InChI=1S/C17H15F3N4O2/c18-17(19,20)26-14-8-4-7-13(11-14)24(23-22)16(21)10-9-15(25)12-5-2-1-3-6-12/h1-8,11,21-22H,9-10H2. The SMILES string of the molecule is N=NN(C(=N)CCC(=O)c1ccccc1)c1cccc(OC(F)(F)F)c1. The Balaban J connectivity index is 2.05. The fourth-order valence-corrected chi connectivity index (χ4v) is 2.19. The van der Waals surface area contributed by atoms with Gasteiger partial charge in [0.25, 0.3) is 0 Å². The van der Waals surface area contributed by atoms with E-state index >= 15 is 0 Å². The first-order valence-corrected chi connectivity index (χ1v) is 7.49. The van der Waals surface area contributed by atoms with Crippen LogP contribution in [0.4, 0.5) is 18.9 Å². The van der Waals surface area contributed by atoms with Gasteiger partial charge in [-0.3, -0.25) is 10.2 Å². The molecule has 136 valence electrons. The van der Waals surface area contributed by atoms with Crippen molar-refractivity contribution in [2.45, 2.75) is 19.2 Å². The van der Waals surface area contributed by atoms with Gasteiger partial charge in [0.15, 0.2) is 5.78 Å². The van der Waals surface area contributed by atoms with Crippen molar-refractivity contribution in [3.05, 3.63) is 60.2 Å². The van der Waals surface area contributed by atoms with Crippen LogP contribution in [-0.4, -0.2) is 18.0 Å². The number of amidine groups is 1. The summed E-state index contributed by atoms with van der Waals surface area (Å²) < 4.78 is 40.7. The van der Waals surface area contributed by atoms with Crippen LogP contribution in [0.15, 0.2) is 59.8 Å². The highest BCUT2D eigenvalue weighted by Crippen LogP contribution is 2.27. The lowest BCUT2D eigenvalue weighted by Gasteiger charge is -2.18. The maximum atomic E-state index is 12.3. The van der Waals surface area contributed by atoms with Crippen molar-refractivity contribution < 1.29 is 22.7 Å². The van der Waals surface area contributed by atoms with Gasteiger partial charge in [-0.05, 0) is 12.1 Å². The quantitative estimate of drug-likeness (QED) is 0.239. The number of alkyl halides is 3. The van der Waals surface area contributed by atoms with Gasteiger partial charge in [0.1, 0.15) is 11.6 Å². The Bertz CT molecular complexity index is 794. The Morgan fingerprint density at radius 3 is 2.38 bits per heavy atom. The summed E-state index contributed by atoms with van der Waals surface area (Å²) in [6.45, 7) is 0. The molecule has 0 unspecified atom stereocenters. The summed E-state index contributed by atoms with van der Waals surface area (Å²) in [7, 11) is 0. The number of nitrogens with zero attached hydrogens (tertiary/aromatic N) is 2. The Labute approximate surface area is 147 Å². The van der Waals surface area contributed by atoms with Gasteiger partial charge in [-0.15, -0.1) is 13.2 Å². The molecule has 2 N–H and O–H groups in total. The molecule has 0 aliphatic rings. The summed E-state index contributed by atoms with van der Waals surface area (Å²) in [5.74, 6) is -0.875. The van der Waals surface area contributed by atoms with E-state index in [2.05, 4.69) is 9.96 Å². The molecule has 2 rings (SSSR count). The molecule has 0 fully saturated rings. The van der Waals surface area contributed by atoms with Gasteiger partial charge in [0.2, 0.25) is 0 Å². The van der Waals surface area contributed by atoms with Crippen LogP contribution in [0.2, 0.25) is 0 Å². The monoisotopic (exact) mass is 364 g/mol. The maximum absolute atomic E-state index is 12.3. The first kappa shape index (κ1) is 19.1. The molecule has 0 bridgehead atoms. The molecular weight excluding hydrogens is 349 g/mol. The zero-order chi connectivity index (χ0) is 19.2. The first-order valence-electron chi connectivity index (χ1n) is 7.49. The van der Waals surface area contributed by atoms with Crippen molar-refractivity contribution in [3.63, 3.8) is 0 Å². The van der Waals surface area contributed by atoms with E-state index < -0.39 is 12.1 Å². The smallest absolute Gasteiger partial charge is 0.406 e. The zero-order valence-electron chi connectivity index (χ0n) is 13.5. The van der Waals surface area contributed by atoms with Gasteiger partial charge in [0, 0.05) is 24.5 Å². The van der Waals surface area contributed by atoms with Crippen molar-refractivity contribution in [1.82, 2.24) is 0 Å². The molecule has 0 radical (unpaired) electrons. The zero-order valence-corrected chi connectivity index (χ0v) is 13.5. The van der Waals surface area contributed by atoms with E-state index in [1.807, 2.05) is 0 Å². The maximum Gasteiger partial charge on any atom is 0.573 e. The molecule has 0 saturated carbocycles. The number of benzene rings is 2. The van der Waals surface area contributed by atoms with E-state index in [4.69, 9.17) is 10.9 Å². The van der Waals surface area contributed by atoms with E-state index in [0.29, 0.717) is 5.56 Å². The molecule has 0 saturated heterocycles. The number of carbonyl (C=O) groups excluding carboxylic acids is 1. The van der Waals surface area contributed by atoms with Crippen LogP contribution in [0.25, 0.3) is 0 Å². The summed E-state index contributed by atoms with van der Waals surface area (Å²) in [5.41, 5.74) is 7.74. The van der Waals surface area contributed by atoms with Gasteiger partial charge in [-0.2, -0.15) is 5.53 Å². The number of hydrogen-bond acceptors (Lipinski definition) is 5. The molecule has 0 aliphatic carbocycles. The largest absolute Gasteiger partial charge is 0.573 e. The van der Waals surface area contributed by atoms with Gasteiger partial charge < -0.3 is 4.74 Å². The van der Waals surface area contributed by atoms with Crippen LogP contribution in [0.1, 0.15) is 23.2 Å². The highest BCUT2D eigenvalue weighted by molar-refractivity contribution is 6.01. The molecular formula is C17H15F3N4O2. The predicted molar refractivity (Wildman–Crippen MR) is 88.5 cm³/mol. The van der Waals surface area contributed by atoms with Gasteiger partial charge >= 0.3 is 6.36 Å². The van der Waals surface area contributed by atoms with E-state index in [9.17, 15) is 18.0 Å². The Hall–Kier alpha value is -3.23. The van der Waals surface area contributed by atoms with Crippen molar-refractivity contribution in [3.8, 4) is 5.75 Å². The second-order valence-corrected chi connectivity index (χ2v) is 5.19. The van der Waals surface area contributed by atoms with Crippen LogP contribution in [-0.2, 0) is 0 Å². The van der Waals surface area contributed by atoms with Crippen molar-refractivity contribution in [1.29, 1.82) is 10.9 Å². The lowest BCUT2D eigenvalue weighted by molar-refractivity contribution is -0.274. The molecule has 9 heteroatoms. The van der Waals surface area contributed by atoms with Crippen LogP contribution >= 0.6 is 0 Å². The number of carbonyl (C=O) groups is 1. The second kappa shape index (κ2) is 8.24. The van der Waals surface area contributed by atoms with E-state index in [1.54, 1.807) is 30.3 Å². The Kier molecular flexibility index (Phi) is 6.05. The third-order valence-electron chi connectivity index (χ3n) is 3.34. The number of anilines is 1.